The molecule has 4 fully saturated rings. The molecule has 0 saturated heterocycles. The molecule has 0 aromatic carbocycles. The summed E-state index contributed by atoms with van der Waals surface area (Å²) in [6.45, 7) is 3.87. The van der Waals surface area contributed by atoms with Crippen molar-refractivity contribution in [3.05, 3.63) is 0 Å². The number of hydrogen-bond acceptors (Lipinski definition) is 4. The third kappa shape index (κ3) is 2.03. The second-order valence-corrected chi connectivity index (χ2v) is 10.1. The second-order valence-electron chi connectivity index (χ2n) is 10.1. The molecule has 4 saturated carbocycles. The molecule has 4 rings (SSSR count). The molecule has 0 aliphatic heterocycles. The Morgan fingerprint density at radius 3 is 2.52 bits per heavy atom. The van der Waals surface area contributed by atoms with Crippen molar-refractivity contribution >= 4 is 5.97 Å². The van der Waals surface area contributed by atoms with Crippen molar-refractivity contribution in [2.75, 3.05) is 6.61 Å². The van der Waals surface area contributed by atoms with Crippen LogP contribution in [0.5, 0.6) is 0 Å². The molecule has 25 heavy (non-hydrogen) atoms. The standard InChI is InChI=1S/C20H32O5/c1-17-6-3-7-18(2,16(23)24)14(17)8-15(22)19-9-12(4-5-13(17)19)20(25,10-19)11-21/h12-15,21-22,25H,3-11H2,1-2H3,(H,23,24). The number of carboxylic acids is 1. The van der Waals surface area contributed by atoms with Gasteiger partial charge in [0, 0.05) is 5.41 Å². The minimum atomic E-state index is -1.08. The predicted octanol–water partition coefficient (Wildman–Crippen LogP) is 2.18. The summed E-state index contributed by atoms with van der Waals surface area (Å²) in [7, 11) is 0. The molecule has 0 heterocycles. The number of aliphatic carboxylic acids is 1. The van der Waals surface area contributed by atoms with Crippen molar-refractivity contribution in [2.45, 2.75) is 76.9 Å². The Bertz CT molecular complexity index is 593. The van der Waals surface area contributed by atoms with Gasteiger partial charge in [-0.15, -0.1) is 0 Å². The summed E-state index contributed by atoms with van der Waals surface area (Å²) in [4.78, 5) is 12.1. The van der Waals surface area contributed by atoms with Gasteiger partial charge in [-0.05, 0) is 75.0 Å². The molecule has 4 aliphatic rings. The van der Waals surface area contributed by atoms with Gasteiger partial charge in [0.15, 0.2) is 0 Å². The summed E-state index contributed by atoms with van der Waals surface area (Å²) in [5, 5.41) is 41.8. The second kappa shape index (κ2) is 5.20. The van der Waals surface area contributed by atoms with Crippen LogP contribution in [0.2, 0.25) is 0 Å². The summed E-state index contributed by atoms with van der Waals surface area (Å²) in [5.41, 5.74) is -2.33. The Morgan fingerprint density at radius 2 is 1.88 bits per heavy atom. The quantitative estimate of drug-likeness (QED) is 0.611. The zero-order valence-electron chi connectivity index (χ0n) is 15.4. The van der Waals surface area contributed by atoms with E-state index in [4.69, 9.17) is 0 Å². The number of aliphatic hydroxyl groups excluding tert-OH is 2. The molecule has 5 nitrogen and oxygen atoms in total. The zero-order valence-corrected chi connectivity index (χ0v) is 15.4. The van der Waals surface area contributed by atoms with E-state index in [1.54, 1.807) is 0 Å². The first-order valence-electron chi connectivity index (χ1n) is 9.87. The van der Waals surface area contributed by atoms with E-state index in [9.17, 15) is 25.2 Å². The lowest BCUT2D eigenvalue weighted by atomic mass is 9.40. The van der Waals surface area contributed by atoms with Gasteiger partial charge in [-0.2, -0.15) is 0 Å². The van der Waals surface area contributed by atoms with Crippen LogP contribution < -0.4 is 0 Å². The lowest BCUT2D eigenvalue weighted by Crippen LogP contribution is -2.62. The fourth-order valence-corrected chi connectivity index (χ4v) is 7.96. The molecule has 2 bridgehead atoms. The molecule has 4 N–H and O–H groups in total. The molecule has 0 aromatic heterocycles. The van der Waals surface area contributed by atoms with Crippen LogP contribution in [-0.4, -0.2) is 44.7 Å². The largest absolute Gasteiger partial charge is 0.481 e. The van der Waals surface area contributed by atoms with Gasteiger partial charge >= 0.3 is 5.97 Å². The fourth-order valence-electron chi connectivity index (χ4n) is 7.96. The number of hydrogen-bond donors (Lipinski definition) is 4. The SMILES string of the molecule is CC1(C(=O)O)CCCC2(C)C1CC(O)C13CC(CCC21)C(O)(CO)C3. The molecule has 0 amide bonds. The molecular weight excluding hydrogens is 320 g/mol. The third-order valence-electron chi connectivity index (χ3n) is 9.18. The Hall–Kier alpha value is -0.650. The predicted molar refractivity (Wildman–Crippen MR) is 91.7 cm³/mol. The van der Waals surface area contributed by atoms with Crippen molar-refractivity contribution in [2.24, 2.45) is 34.0 Å². The van der Waals surface area contributed by atoms with Gasteiger partial charge in [0.2, 0.25) is 0 Å². The van der Waals surface area contributed by atoms with Crippen LogP contribution in [0.25, 0.3) is 0 Å². The minimum Gasteiger partial charge on any atom is -0.481 e. The van der Waals surface area contributed by atoms with Crippen LogP contribution in [0.1, 0.15) is 65.2 Å². The first-order chi connectivity index (χ1) is 11.6. The van der Waals surface area contributed by atoms with Gasteiger partial charge in [-0.1, -0.05) is 13.3 Å². The maximum absolute atomic E-state index is 12.1. The Morgan fingerprint density at radius 1 is 1.16 bits per heavy atom. The van der Waals surface area contributed by atoms with E-state index in [-0.39, 0.29) is 35.2 Å². The maximum atomic E-state index is 12.1. The number of carbonyl (C=O) groups is 1. The van der Waals surface area contributed by atoms with Gasteiger partial charge < -0.3 is 20.4 Å². The third-order valence-corrected chi connectivity index (χ3v) is 9.18. The highest BCUT2D eigenvalue weighted by atomic mass is 16.4. The van der Waals surface area contributed by atoms with Crippen molar-refractivity contribution in [1.29, 1.82) is 0 Å². The van der Waals surface area contributed by atoms with Crippen LogP contribution in [-0.2, 0) is 4.79 Å². The van der Waals surface area contributed by atoms with E-state index in [2.05, 4.69) is 6.92 Å². The summed E-state index contributed by atoms with van der Waals surface area (Å²) in [5.74, 6) is -0.489. The number of aliphatic hydroxyl groups is 3. The highest BCUT2D eigenvalue weighted by molar-refractivity contribution is 5.75. The van der Waals surface area contributed by atoms with E-state index >= 15 is 0 Å². The first-order valence-corrected chi connectivity index (χ1v) is 9.87. The van der Waals surface area contributed by atoms with E-state index < -0.39 is 23.1 Å². The van der Waals surface area contributed by atoms with Crippen molar-refractivity contribution in [1.82, 2.24) is 0 Å². The molecule has 4 aliphatic carbocycles. The number of rotatable bonds is 2. The highest BCUT2D eigenvalue weighted by Gasteiger charge is 2.71. The zero-order chi connectivity index (χ0) is 18.3. The van der Waals surface area contributed by atoms with Crippen LogP contribution in [0.3, 0.4) is 0 Å². The fraction of sp³-hybridized carbons (Fsp3) is 0.950. The van der Waals surface area contributed by atoms with E-state index in [1.807, 2.05) is 6.92 Å². The summed E-state index contributed by atoms with van der Waals surface area (Å²) in [6, 6.07) is 0. The van der Waals surface area contributed by atoms with Crippen molar-refractivity contribution in [3.63, 3.8) is 0 Å². The van der Waals surface area contributed by atoms with Crippen LogP contribution in [0.4, 0.5) is 0 Å². The van der Waals surface area contributed by atoms with E-state index in [1.165, 1.54) is 0 Å². The van der Waals surface area contributed by atoms with Crippen LogP contribution in [0.15, 0.2) is 0 Å². The van der Waals surface area contributed by atoms with Crippen molar-refractivity contribution < 1.29 is 25.2 Å². The van der Waals surface area contributed by atoms with E-state index in [0.29, 0.717) is 19.3 Å². The van der Waals surface area contributed by atoms with E-state index in [0.717, 1.165) is 32.1 Å². The number of carboxylic acid groups (broad SMARTS) is 1. The smallest absolute Gasteiger partial charge is 0.309 e. The van der Waals surface area contributed by atoms with Crippen LogP contribution >= 0.6 is 0 Å². The Kier molecular flexibility index (Phi) is 3.69. The molecule has 142 valence electrons. The van der Waals surface area contributed by atoms with Gasteiger partial charge in [0.25, 0.3) is 0 Å². The molecule has 1 spiro atoms. The van der Waals surface area contributed by atoms with Gasteiger partial charge in [0.05, 0.1) is 23.7 Å². The monoisotopic (exact) mass is 352 g/mol. The average Bonchev–Trinajstić information content (AvgIpc) is 2.78. The minimum absolute atomic E-state index is 0.0313. The van der Waals surface area contributed by atoms with Gasteiger partial charge in [-0.25, -0.2) is 0 Å². The molecule has 5 heteroatoms. The summed E-state index contributed by atoms with van der Waals surface area (Å²) >= 11 is 0. The lowest BCUT2D eigenvalue weighted by Gasteiger charge is -2.64. The molecule has 0 aromatic rings. The summed E-state index contributed by atoms with van der Waals surface area (Å²) < 4.78 is 0. The highest BCUT2D eigenvalue weighted by Crippen LogP contribution is 2.72. The maximum Gasteiger partial charge on any atom is 0.309 e. The normalized spacial score (nSPS) is 57.6. The van der Waals surface area contributed by atoms with Gasteiger partial charge in [-0.3, -0.25) is 4.79 Å². The van der Waals surface area contributed by atoms with Crippen molar-refractivity contribution in [3.8, 4) is 0 Å². The first kappa shape index (κ1) is 17.7. The molecule has 8 unspecified atom stereocenters. The topological polar surface area (TPSA) is 98.0 Å². The molecular formula is C20H32O5. The van der Waals surface area contributed by atoms with Crippen LogP contribution in [0, 0.1) is 34.0 Å². The van der Waals surface area contributed by atoms with Gasteiger partial charge in [0.1, 0.15) is 0 Å². The molecule has 8 atom stereocenters. The average molecular weight is 352 g/mol. The number of fused-ring (bicyclic) bond motifs is 3. The lowest BCUT2D eigenvalue weighted by molar-refractivity contribution is -0.209. The molecule has 0 radical (unpaired) electrons. The Labute approximate surface area is 149 Å². The summed E-state index contributed by atoms with van der Waals surface area (Å²) in [6.07, 6.45) is 5.52. The Balaban J connectivity index is 1.78.